The van der Waals surface area contributed by atoms with Gasteiger partial charge in [-0.1, -0.05) is 23.7 Å². The van der Waals surface area contributed by atoms with E-state index in [1.54, 1.807) is 6.07 Å². The fourth-order valence-corrected chi connectivity index (χ4v) is 4.31. The van der Waals surface area contributed by atoms with Crippen LogP contribution in [0.5, 0.6) is 0 Å². The van der Waals surface area contributed by atoms with Gasteiger partial charge in [-0.25, -0.2) is 13.1 Å². The molecular formula is C16H15ClN2O3S. The number of nitrogens with one attached hydrogen (secondary N) is 1. The van der Waals surface area contributed by atoms with Gasteiger partial charge in [0.05, 0.1) is 4.90 Å². The van der Waals surface area contributed by atoms with Gasteiger partial charge in [0.15, 0.2) is 0 Å². The zero-order chi connectivity index (χ0) is 16.6. The minimum atomic E-state index is -3.69. The highest BCUT2D eigenvalue weighted by Gasteiger charge is 2.28. The normalized spacial score (nSPS) is 17.0. The number of benzene rings is 2. The molecular weight excluding hydrogens is 336 g/mol. The average Bonchev–Trinajstić information content (AvgIpc) is 2.91. The predicted octanol–water partition coefficient (Wildman–Crippen LogP) is 2.40. The molecule has 0 saturated carbocycles. The molecule has 0 aliphatic heterocycles. The van der Waals surface area contributed by atoms with E-state index >= 15 is 0 Å². The van der Waals surface area contributed by atoms with E-state index < -0.39 is 15.9 Å². The number of carbonyl (C=O) groups excluding carboxylic acids is 1. The number of rotatable bonds is 4. The summed E-state index contributed by atoms with van der Waals surface area (Å²) in [5.74, 6) is -0.596. The summed E-state index contributed by atoms with van der Waals surface area (Å²) in [6.07, 6.45) is 1.40. The van der Waals surface area contributed by atoms with Gasteiger partial charge in [-0.05, 0) is 54.3 Å². The van der Waals surface area contributed by atoms with E-state index in [2.05, 4.69) is 4.72 Å². The highest BCUT2D eigenvalue weighted by atomic mass is 35.5. The SMILES string of the molecule is NC(=O)c1ccc(S(=O)(=O)NC2CCc3c(Cl)cccc32)cc1. The van der Waals surface area contributed by atoms with Crippen molar-refractivity contribution in [3.05, 3.63) is 64.2 Å². The third-order valence-corrected chi connectivity index (χ3v) is 5.80. The Morgan fingerprint density at radius 1 is 1.17 bits per heavy atom. The van der Waals surface area contributed by atoms with Crippen LogP contribution in [-0.4, -0.2) is 14.3 Å². The van der Waals surface area contributed by atoms with Crippen molar-refractivity contribution in [3.63, 3.8) is 0 Å². The van der Waals surface area contributed by atoms with E-state index in [0.717, 1.165) is 17.5 Å². The lowest BCUT2D eigenvalue weighted by molar-refractivity contribution is 0.1000. The van der Waals surface area contributed by atoms with Crippen molar-refractivity contribution in [3.8, 4) is 0 Å². The molecule has 23 heavy (non-hydrogen) atoms. The van der Waals surface area contributed by atoms with Gasteiger partial charge in [-0.15, -0.1) is 0 Å². The molecule has 1 atom stereocenters. The number of carbonyl (C=O) groups is 1. The van der Waals surface area contributed by atoms with E-state index in [9.17, 15) is 13.2 Å². The van der Waals surface area contributed by atoms with Crippen molar-refractivity contribution in [1.29, 1.82) is 0 Å². The summed E-state index contributed by atoms with van der Waals surface area (Å²) in [6, 6.07) is 10.7. The Morgan fingerprint density at radius 3 is 2.52 bits per heavy atom. The Balaban J connectivity index is 1.86. The highest BCUT2D eigenvalue weighted by molar-refractivity contribution is 7.89. The van der Waals surface area contributed by atoms with Crippen LogP contribution in [0.15, 0.2) is 47.4 Å². The molecule has 3 N–H and O–H groups in total. The fraction of sp³-hybridized carbons (Fsp3) is 0.188. The summed E-state index contributed by atoms with van der Waals surface area (Å²) in [7, 11) is -3.69. The first-order chi connectivity index (χ1) is 10.9. The number of fused-ring (bicyclic) bond motifs is 1. The van der Waals surface area contributed by atoms with Crippen LogP contribution in [0, 0.1) is 0 Å². The van der Waals surface area contributed by atoms with Crippen molar-refractivity contribution < 1.29 is 13.2 Å². The lowest BCUT2D eigenvalue weighted by Gasteiger charge is -2.15. The molecule has 0 aromatic heterocycles. The number of hydrogen-bond donors (Lipinski definition) is 2. The van der Waals surface area contributed by atoms with E-state index in [0.29, 0.717) is 11.4 Å². The van der Waals surface area contributed by atoms with Gasteiger partial charge >= 0.3 is 0 Å². The Kier molecular flexibility index (Phi) is 4.14. The maximum Gasteiger partial charge on any atom is 0.248 e. The first kappa shape index (κ1) is 16.0. The molecule has 1 aliphatic carbocycles. The second kappa shape index (κ2) is 5.96. The van der Waals surface area contributed by atoms with E-state index in [1.807, 2.05) is 12.1 Å². The van der Waals surface area contributed by atoms with E-state index in [4.69, 9.17) is 17.3 Å². The van der Waals surface area contributed by atoms with E-state index in [-0.39, 0.29) is 16.5 Å². The fourth-order valence-electron chi connectivity index (χ4n) is 2.79. The zero-order valence-electron chi connectivity index (χ0n) is 12.1. The summed E-state index contributed by atoms with van der Waals surface area (Å²) < 4.78 is 27.7. The minimum absolute atomic E-state index is 0.0954. The molecule has 0 radical (unpaired) electrons. The van der Waals surface area contributed by atoms with Crippen LogP contribution < -0.4 is 10.5 Å². The summed E-state index contributed by atoms with van der Waals surface area (Å²) in [5.41, 5.74) is 7.32. The molecule has 5 nitrogen and oxygen atoms in total. The lowest BCUT2D eigenvalue weighted by Crippen LogP contribution is -2.27. The van der Waals surface area contributed by atoms with Crippen molar-refractivity contribution >= 4 is 27.5 Å². The quantitative estimate of drug-likeness (QED) is 0.887. The van der Waals surface area contributed by atoms with Crippen LogP contribution >= 0.6 is 11.6 Å². The average molecular weight is 351 g/mol. The first-order valence-electron chi connectivity index (χ1n) is 7.08. The molecule has 0 saturated heterocycles. The number of sulfonamides is 1. The van der Waals surface area contributed by atoms with Crippen molar-refractivity contribution in [2.24, 2.45) is 5.73 Å². The summed E-state index contributed by atoms with van der Waals surface area (Å²) in [4.78, 5) is 11.1. The van der Waals surface area contributed by atoms with Gasteiger partial charge in [0.25, 0.3) is 0 Å². The summed E-state index contributed by atoms with van der Waals surface area (Å²) in [6.45, 7) is 0. The predicted molar refractivity (Wildman–Crippen MR) is 87.8 cm³/mol. The second-order valence-corrected chi connectivity index (χ2v) is 7.53. The standard InChI is InChI=1S/C16H15ClN2O3S/c17-14-3-1-2-13-12(14)8-9-15(13)19-23(21,22)11-6-4-10(5-7-11)16(18)20/h1-7,15,19H,8-9H2,(H2,18,20). The first-order valence-corrected chi connectivity index (χ1v) is 8.94. The zero-order valence-corrected chi connectivity index (χ0v) is 13.7. The summed E-state index contributed by atoms with van der Waals surface area (Å²) >= 11 is 6.15. The number of hydrogen-bond acceptors (Lipinski definition) is 3. The van der Waals surface area contributed by atoms with Crippen LogP contribution in [0.2, 0.25) is 5.02 Å². The molecule has 0 bridgehead atoms. The van der Waals surface area contributed by atoms with Crippen molar-refractivity contribution in [1.82, 2.24) is 4.72 Å². The number of amides is 1. The molecule has 1 unspecified atom stereocenters. The molecule has 7 heteroatoms. The van der Waals surface area contributed by atoms with Crippen LogP contribution in [0.1, 0.15) is 33.9 Å². The van der Waals surface area contributed by atoms with Crippen molar-refractivity contribution in [2.45, 2.75) is 23.8 Å². The monoisotopic (exact) mass is 350 g/mol. The van der Waals surface area contributed by atoms with Gasteiger partial charge in [-0.3, -0.25) is 4.79 Å². The smallest absolute Gasteiger partial charge is 0.248 e. The van der Waals surface area contributed by atoms with Gasteiger partial charge in [0.2, 0.25) is 15.9 Å². The summed E-state index contributed by atoms with van der Waals surface area (Å²) in [5, 5.41) is 0.662. The molecule has 2 aromatic carbocycles. The van der Waals surface area contributed by atoms with Gasteiger partial charge < -0.3 is 5.73 Å². The van der Waals surface area contributed by atoms with Gasteiger partial charge in [0.1, 0.15) is 0 Å². The second-order valence-electron chi connectivity index (χ2n) is 5.41. The van der Waals surface area contributed by atoms with Crippen LogP contribution in [0.4, 0.5) is 0 Å². The number of nitrogens with two attached hydrogens (primary N) is 1. The highest BCUT2D eigenvalue weighted by Crippen LogP contribution is 2.36. The number of primary amides is 1. The molecule has 0 spiro atoms. The van der Waals surface area contributed by atoms with Crippen molar-refractivity contribution in [2.75, 3.05) is 0 Å². The van der Waals surface area contributed by atoms with Crippen LogP contribution in [-0.2, 0) is 16.4 Å². The topological polar surface area (TPSA) is 89.3 Å². The maximum atomic E-state index is 12.5. The molecule has 3 rings (SSSR count). The third-order valence-electron chi connectivity index (χ3n) is 3.96. The molecule has 0 fully saturated rings. The Labute approximate surface area is 139 Å². The molecule has 2 aromatic rings. The lowest BCUT2D eigenvalue weighted by atomic mass is 10.1. The van der Waals surface area contributed by atoms with Gasteiger partial charge in [-0.2, -0.15) is 0 Å². The maximum absolute atomic E-state index is 12.5. The Morgan fingerprint density at radius 2 is 1.87 bits per heavy atom. The molecule has 0 heterocycles. The van der Waals surface area contributed by atoms with Crippen LogP contribution in [0.3, 0.4) is 0 Å². The Hall–Kier alpha value is -1.89. The molecule has 1 aliphatic rings. The molecule has 120 valence electrons. The molecule has 1 amide bonds. The minimum Gasteiger partial charge on any atom is -0.366 e. The van der Waals surface area contributed by atoms with Gasteiger partial charge in [0, 0.05) is 16.6 Å². The number of halogens is 1. The van der Waals surface area contributed by atoms with E-state index in [1.165, 1.54) is 24.3 Å². The Bertz CT molecular complexity index is 863. The third kappa shape index (κ3) is 3.10. The van der Waals surface area contributed by atoms with Crippen LogP contribution in [0.25, 0.3) is 0 Å². The largest absolute Gasteiger partial charge is 0.366 e.